The van der Waals surface area contributed by atoms with Crippen molar-refractivity contribution >= 4 is 16.5 Å². The highest BCUT2D eigenvalue weighted by molar-refractivity contribution is 7.84. The fourth-order valence-electron chi connectivity index (χ4n) is 1.62. The van der Waals surface area contributed by atoms with Gasteiger partial charge < -0.3 is 5.73 Å². The number of rotatable bonds is 3. The van der Waals surface area contributed by atoms with Gasteiger partial charge in [0.25, 0.3) is 0 Å². The first-order valence-corrected chi connectivity index (χ1v) is 6.72. The molecule has 0 spiro atoms. The van der Waals surface area contributed by atoms with Gasteiger partial charge in [-0.2, -0.15) is 0 Å². The zero-order valence-electron chi connectivity index (χ0n) is 9.89. The maximum absolute atomic E-state index is 13.1. The summed E-state index contributed by atoms with van der Waals surface area (Å²) in [5.41, 5.74) is 7.75. The summed E-state index contributed by atoms with van der Waals surface area (Å²) in [6, 6.07) is 6.10. The summed E-state index contributed by atoms with van der Waals surface area (Å²) in [4.78, 5) is 4.38. The second-order valence-corrected chi connectivity index (χ2v) is 5.39. The molecule has 0 fully saturated rings. The molecule has 2 aromatic rings. The number of nitrogens with zero attached hydrogens (tertiary/aromatic N) is 1. The highest BCUT2D eigenvalue weighted by Gasteiger charge is 2.10. The minimum atomic E-state index is -1.30. The fraction of sp³-hybridized carbons (Fsp3) is 0.154. The van der Waals surface area contributed by atoms with E-state index < -0.39 is 10.8 Å². The van der Waals surface area contributed by atoms with E-state index in [4.69, 9.17) is 5.73 Å². The van der Waals surface area contributed by atoms with Crippen molar-refractivity contribution in [2.75, 3.05) is 5.73 Å². The normalized spacial score (nSPS) is 12.3. The van der Waals surface area contributed by atoms with E-state index in [0.29, 0.717) is 10.6 Å². The molecule has 0 saturated heterocycles. The SMILES string of the molecule is Cc1ccc(F)cc1CS(=O)c1ccncc1N. The molecule has 1 atom stereocenters. The molecule has 1 aromatic carbocycles. The summed E-state index contributed by atoms with van der Waals surface area (Å²) in [6.07, 6.45) is 3.01. The van der Waals surface area contributed by atoms with E-state index in [2.05, 4.69) is 4.98 Å². The van der Waals surface area contributed by atoms with Gasteiger partial charge >= 0.3 is 0 Å². The molecule has 18 heavy (non-hydrogen) atoms. The van der Waals surface area contributed by atoms with Gasteiger partial charge in [-0.05, 0) is 36.2 Å². The molecule has 0 radical (unpaired) electrons. The first-order chi connectivity index (χ1) is 8.58. The molecule has 94 valence electrons. The second kappa shape index (κ2) is 5.27. The fourth-order valence-corrected chi connectivity index (χ4v) is 2.89. The summed E-state index contributed by atoms with van der Waals surface area (Å²) < 4.78 is 25.3. The molecule has 0 aliphatic rings. The van der Waals surface area contributed by atoms with Crippen LogP contribution in [0.25, 0.3) is 0 Å². The van der Waals surface area contributed by atoms with E-state index in [1.165, 1.54) is 18.3 Å². The maximum atomic E-state index is 13.1. The van der Waals surface area contributed by atoms with E-state index in [1.807, 2.05) is 6.92 Å². The van der Waals surface area contributed by atoms with Crippen LogP contribution in [0.15, 0.2) is 41.6 Å². The molecule has 1 heterocycles. The van der Waals surface area contributed by atoms with Crippen LogP contribution in [0.3, 0.4) is 0 Å². The van der Waals surface area contributed by atoms with Gasteiger partial charge in [0.05, 0.1) is 33.3 Å². The van der Waals surface area contributed by atoms with Gasteiger partial charge in [0, 0.05) is 6.20 Å². The lowest BCUT2D eigenvalue weighted by Gasteiger charge is -2.07. The number of nitrogens with two attached hydrogens (primary N) is 1. The third kappa shape index (κ3) is 2.73. The lowest BCUT2D eigenvalue weighted by atomic mass is 10.1. The number of hydrogen-bond acceptors (Lipinski definition) is 3. The van der Waals surface area contributed by atoms with Crippen molar-refractivity contribution in [2.45, 2.75) is 17.6 Å². The lowest BCUT2D eigenvalue weighted by molar-refractivity contribution is 0.625. The average Bonchev–Trinajstić information content (AvgIpc) is 2.34. The van der Waals surface area contributed by atoms with Crippen molar-refractivity contribution in [2.24, 2.45) is 0 Å². The summed E-state index contributed by atoms with van der Waals surface area (Å²) in [5, 5.41) is 0. The molecule has 2 rings (SSSR count). The van der Waals surface area contributed by atoms with Gasteiger partial charge in [0.15, 0.2) is 0 Å². The van der Waals surface area contributed by atoms with E-state index in [0.717, 1.165) is 11.1 Å². The van der Waals surface area contributed by atoms with E-state index in [9.17, 15) is 8.60 Å². The molecular weight excluding hydrogens is 251 g/mol. The topological polar surface area (TPSA) is 56.0 Å². The Morgan fingerprint density at radius 3 is 2.89 bits per heavy atom. The molecule has 2 N–H and O–H groups in total. The molecule has 3 nitrogen and oxygen atoms in total. The number of halogens is 1. The second-order valence-electron chi connectivity index (χ2n) is 3.97. The van der Waals surface area contributed by atoms with Crippen molar-refractivity contribution in [3.63, 3.8) is 0 Å². The highest BCUT2D eigenvalue weighted by Crippen LogP contribution is 2.20. The van der Waals surface area contributed by atoms with Crippen molar-refractivity contribution in [1.29, 1.82) is 0 Å². The summed E-state index contributed by atoms with van der Waals surface area (Å²) in [7, 11) is -1.30. The van der Waals surface area contributed by atoms with Gasteiger partial charge in [-0.3, -0.25) is 9.19 Å². The molecule has 0 amide bonds. The molecule has 0 aliphatic carbocycles. The Labute approximate surface area is 107 Å². The van der Waals surface area contributed by atoms with Crippen LogP contribution in [-0.2, 0) is 16.6 Å². The summed E-state index contributed by atoms with van der Waals surface area (Å²) in [5.74, 6) is -0.0760. The van der Waals surface area contributed by atoms with E-state index in [1.54, 1.807) is 18.3 Å². The molecular formula is C13H13FN2OS. The van der Waals surface area contributed by atoms with Gasteiger partial charge in [-0.25, -0.2) is 4.39 Å². The van der Waals surface area contributed by atoms with Gasteiger partial charge in [-0.1, -0.05) is 6.07 Å². The largest absolute Gasteiger partial charge is 0.396 e. The minimum Gasteiger partial charge on any atom is -0.396 e. The first-order valence-electron chi connectivity index (χ1n) is 5.41. The predicted molar refractivity (Wildman–Crippen MR) is 69.9 cm³/mol. The Bertz CT molecular complexity index is 601. The van der Waals surface area contributed by atoms with Crippen LogP contribution in [0, 0.1) is 12.7 Å². The Morgan fingerprint density at radius 2 is 2.17 bits per heavy atom. The third-order valence-electron chi connectivity index (χ3n) is 2.65. The van der Waals surface area contributed by atoms with Crippen molar-refractivity contribution in [3.05, 3.63) is 53.6 Å². The lowest BCUT2D eigenvalue weighted by Crippen LogP contribution is -2.02. The molecule has 1 unspecified atom stereocenters. The standard InChI is InChI=1S/C13H13FN2OS/c1-9-2-3-11(14)6-10(9)8-18(17)13-4-5-16-7-12(13)15/h2-7H,8,15H2,1H3. The number of benzene rings is 1. The van der Waals surface area contributed by atoms with Crippen LogP contribution in [-0.4, -0.2) is 9.19 Å². The Hall–Kier alpha value is -1.75. The Morgan fingerprint density at radius 1 is 1.39 bits per heavy atom. The van der Waals surface area contributed by atoms with Crippen LogP contribution >= 0.6 is 0 Å². The zero-order valence-corrected chi connectivity index (χ0v) is 10.7. The highest BCUT2D eigenvalue weighted by atomic mass is 32.2. The minimum absolute atomic E-state index is 0.248. The smallest absolute Gasteiger partial charge is 0.123 e. The van der Waals surface area contributed by atoms with Crippen LogP contribution < -0.4 is 5.73 Å². The van der Waals surface area contributed by atoms with Crippen LogP contribution in [0.1, 0.15) is 11.1 Å². The zero-order chi connectivity index (χ0) is 13.1. The van der Waals surface area contributed by atoms with Crippen molar-refractivity contribution in [3.8, 4) is 0 Å². The quantitative estimate of drug-likeness (QED) is 0.926. The summed E-state index contributed by atoms with van der Waals surface area (Å²) >= 11 is 0. The molecule has 0 aliphatic heterocycles. The number of pyridine rings is 1. The van der Waals surface area contributed by atoms with E-state index in [-0.39, 0.29) is 11.6 Å². The van der Waals surface area contributed by atoms with Crippen molar-refractivity contribution in [1.82, 2.24) is 4.98 Å². The number of hydrogen-bond donors (Lipinski definition) is 1. The Kier molecular flexibility index (Phi) is 3.72. The average molecular weight is 264 g/mol. The monoisotopic (exact) mass is 264 g/mol. The summed E-state index contributed by atoms with van der Waals surface area (Å²) in [6.45, 7) is 1.86. The molecule has 5 heteroatoms. The van der Waals surface area contributed by atoms with Crippen molar-refractivity contribution < 1.29 is 8.60 Å². The van der Waals surface area contributed by atoms with Crippen LogP contribution in [0.5, 0.6) is 0 Å². The molecule has 1 aromatic heterocycles. The number of nitrogen functional groups attached to an aromatic ring is 1. The third-order valence-corrected chi connectivity index (χ3v) is 4.09. The van der Waals surface area contributed by atoms with Crippen LogP contribution in [0.2, 0.25) is 0 Å². The number of anilines is 1. The number of aromatic nitrogens is 1. The maximum Gasteiger partial charge on any atom is 0.123 e. The van der Waals surface area contributed by atoms with E-state index >= 15 is 0 Å². The number of aryl methyl sites for hydroxylation is 1. The van der Waals surface area contributed by atoms with Crippen LogP contribution in [0.4, 0.5) is 10.1 Å². The molecule has 0 bridgehead atoms. The molecule has 0 saturated carbocycles. The Balaban J connectivity index is 2.27. The van der Waals surface area contributed by atoms with Gasteiger partial charge in [0.2, 0.25) is 0 Å². The predicted octanol–water partition coefficient (Wildman–Crippen LogP) is 2.42. The van der Waals surface area contributed by atoms with Gasteiger partial charge in [0.1, 0.15) is 5.82 Å². The first kappa shape index (κ1) is 12.7. The van der Waals surface area contributed by atoms with Gasteiger partial charge in [-0.15, -0.1) is 0 Å².